The molecule has 2 aromatic rings. The SMILES string of the molecule is CC(C)c1ccc(Oc2cnc(C(C)C)nc2CCl)cc1. The van der Waals surface area contributed by atoms with Crippen molar-refractivity contribution in [2.45, 2.75) is 45.4 Å². The van der Waals surface area contributed by atoms with E-state index in [1.54, 1.807) is 6.20 Å². The number of hydrogen-bond donors (Lipinski definition) is 0. The molecule has 0 aliphatic carbocycles. The minimum Gasteiger partial charge on any atom is -0.454 e. The molecule has 0 N–H and O–H groups in total. The van der Waals surface area contributed by atoms with Crippen LogP contribution in [0.2, 0.25) is 0 Å². The number of halogens is 1. The Hall–Kier alpha value is -1.61. The summed E-state index contributed by atoms with van der Waals surface area (Å²) < 4.78 is 5.86. The molecule has 0 unspecified atom stereocenters. The van der Waals surface area contributed by atoms with Gasteiger partial charge >= 0.3 is 0 Å². The summed E-state index contributed by atoms with van der Waals surface area (Å²) in [7, 11) is 0. The minimum atomic E-state index is 0.270. The van der Waals surface area contributed by atoms with Gasteiger partial charge in [-0.1, -0.05) is 39.8 Å². The van der Waals surface area contributed by atoms with E-state index >= 15 is 0 Å². The van der Waals surface area contributed by atoms with Gasteiger partial charge in [0, 0.05) is 5.92 Å². The van der Waals surface area contributed by atoms with Crippen LogP contribution in [0.3, 0.4) is 0 Å². The third kappa shape index (κ3) is 3.94. The van der Waals surface area contributed by atoms with E-state index in [2.05, 4.69) is 49.8 Å². The molecule has 0 aliphatic rings. The summed E-state index contributed by atoms with van der Waals surface area (Å²) in [6.07, 6.45) is 1.70. The van der Waals surface area contributed by atoms with Crippen molar-refractivity contribution in [2.75, 3.05) is 0 Å². The topological polar surface area (TPSA) is 35.0 Å². The average Bonchev–Trinajstić information content (AvgIpc) is 2.48. The summed E-state index contributed by atoms with van der Waals surface area (Å²) in [6, 6.07) is 8.07. The van der Waals surface area contributed by atoms with Gasteiger partial charge in [-0.2, -0.15) is 0 Å². The quantitative estimate of drug-likeness (QED) is 0.707. The lowest BCUT2D eigenvalue weighted by molar-refractivity contribution is 0.469. The number of rotatable bonds is 5. The lowest BCUT2D eigenvalue weighted by Gasteiger charge is -2.12. The smallest absolute Gasteiger partial charge is 0.168 e. The van der Waals surface area contributed by atoms with Gasteiger partial charge in [-0.3, -0.25) is 0 Å². The molecule has 0 bridgehead atoms. The second-order valence-corrected chi connectivity index (χ2v) is 5.92. The fourth-order valence-electron chi connectivity index (χ4n) is 1.93. The van der Waals surface area contributed by atoms with Gasteiger partial charge in [-0.05, 0) is 23.6 Å². The second kappa shape index (κ2) is 6.90. The summed E-state index contributed by atoms with van der Waals surface area (Å²) in [5.41, 5.74) is 2.01. The molecular weight excluding hydrogens is 284 g/mol. The minimum absolute atomic E-state index is 0.270. The molecule has 0 atom stereocenters. The standard InChI is InChI=1S/C17H21ClN2O/c1-11(2)13-5-7-14(8-6-13)21-16-10-19-17(12(3)4)20-15(16)9-18/h5-8,10-12H,9H2,1-4H3. The van der Waals surface area contributed by atoms with Gasteiger partial charge in [0.2, 0.25) is 0 Å². The number of alkyl halides is 1. The van der Waals surface area contributed by atoms with Crippen LogP contribution in [-0.4, -0.2) is 9.97 Å². The Labute approximate surface area is 131 Å². The van der Waals surface area contributed by atoms with Crippen molar-refractivity contribution in [3.05, 3.63) is 47.5 Å². The third-order valence-corrected chi connectivity index (χ3v) is 3.52. The third-order valence-electron chi connectivity index (χ3n) is 3.27. The molecule has 2 rings (SSSR count). The summed E-state index contributed by atoms with van der Waals surface area (Å²) in [5.74, 6) is 3.26. The molecule has 0 spiro atoms. The number of hydrogen-bond acceptors (Lipinski definition) is 3. The average molecular weight is 305 g/mol. The van der Waals surface area contributed by atoms with E-state index in [1.807, 2.05) is 12.1 Å². The van der Waals surface area contributed by atoms with Gasteiger partial charge < -0.3 is 4.74 Å². The highest BCUT2D eigenvalue weighted by Crippen LogP contribution is 2.27. The number of aromatic nitrogens is 2. The van der Waals surface area contributed by atoms with Crippen LogP contribution >= 0.6 is 11.6 Å². The first-order valence-electron chi connectivity index (χ1n) is 7.20. The molecule has 21 heavy (non-hydrogen) atoms. The van der Waals surface area contributed by atoms with Crippen LogP contribution in [0.5, 0.6) is 11.5 Å². The molecule has 0 radical (unpaired) electrons. The molecule has 1 aromatic carbocycles. The molecule has 1 heterocycles. The Kier molecular flexibility index (Phi) is 5.18. The second-order valence-electron chi connectivity index (χ2n) is 5.65. The first kappa shape index (κ1) is 15.8. The van der Waals surface area contributed by atoms with Crippen molar-refractivity contribution >= 4 is 11.6 Å². The molecule has 0 aliphatic heterocycles. The number of nitrogens with zero attached hydrogens (tertiary/aromatic N) is 2. The summed E-state index contributed by atoms with van der Waals surface area (Å²) in [4.78, 5) is 8.80. The van der Waals surface area contributed by atoms with E-state index in [0.29, 0.717) is 17.5 Å². The lowest BCUT2D eigenvalue weighted by atomic mass is 10.0. The fourth-order valence-corrected chi connectivity index (χ4v) is 2.12. The van der Waals surface area contributed by atoms with Crippen LogP contribution in [0.4, 0.5) is 0 Å². The molecule has 1 aromatic heterocycles. The van der Waals surface area contributed by atoms with Gasteiger partial charge in [0.1, 0.15) is 17.3 Å². The van der Waals surface area contributed by atoms with Crippen LogP contribution in [0, 0.1) is 0 Å². The first-order chi connectivity index (χ1) is 10.0. The highest BCUT2D eigenvalue weighted by molar-refractivity contribution is 6.17. The van der Waals surface area contributed by atoms with Crippen molar-refractivity contribution in [3.8, 4) is 11.5 Å². The van der Waals surface area contributed by atoms with E-state index in [9.17, 15) is 0 Å². The van der Waals surface area contributed by atoms with Gasteiger partial charge in [0.25, 0.3) is 0 Å². The number of ether oxygens (including phenoxy) is 1. The molecule has 4 heteroatoms. The Morgan fingerprint density at radius 3 is 2.24 bits per heavy atom. The fraction of sp³-hybridized carbons (Fsp3) is 0.412. The van der Waals surface area contributed by atoms with Crippen LogP contribution in [0.1, 0.15) is 56.6 Å². The summed E-state index contributed by atoms with van der Waals surface area (Å²) >= 11 is 5.97. The summed E-state index contributed by atoms with van der Waals surface area (Å²) in [6.45, 7) is 8.44. The zero-order valence-electron chi connectivity index (χ0n) is 12.9. The van der Waals surface area contributed by atoms with Crippen molar-refractivity contribution in [1.82, 2.24) is 9.97 Å². The predicted octanol–water partition coefficient (Wildman–Crippen LogP) is 5.25. The van der Waals surface area contributed by atoms with Crippen LogP contribution in [0.25, 0.3) is 0 Å². The predicted molar refractivity (Wildman–Crippen MR) is 86.3 cm³/mol. The van der Waals surface area contributed by atoms with Crippen LogP contribution in [-0.2, 0) is 5.88 Å². The van der Waals surface area contributed by atoms with Gasteiger partial charge in [0.15, 0.2) is 5.75 Å². The Bertz CT molecular complexity index is 594. The molecule has 3 nitrogen and oxygen atoms in total. The summed E-state index contributed by atoms with van der Waals surface area (Å²) in [5, 5.41) is 0. The lowest BCUT2D eigenvalue weighted by Crippen LogP contribution is -2.02. The van der Waals surface area contributed by atoms with Crippen molar-refractivity contribution in [3.63, 3.8) is 0 Å². The molecule has 112 valence electrons. The zero-order chi connectivity index (χ0) is 15.4. The highest BCUT2D eigenvalue weighted by atomic mass is 35.5. The monoisotopic (exact) mass is 304 g/mol. The van der Waals surface area contributed by atoms with Crippen molar-refractivity contribution in [2.24, 2.45) is 0 Å². The molecule has 0 amide bonds. The Balaban J connectivity index is 2.22. The van der Waals surface area contributed by atoms with Crippen LogP contribution < -0.4 is 4.74 Å². The molecule has 0 saturated heterocycles. The maximum Gasteiger partial charge on any atom is 0.168 e. The van der Waals surface area contributed by atoms with Gasteiger partial charge in [-0.15, -0.1) is 11.6 Å². The largest absolute Gasteiger partial charge is 0.454 e. The Morgan fingerprint density at radius 1 is 1.05 bits per heavy atom. The first-order valence-corrected chi connectivity index (χ1v) is 7.74. The molecule has 0 saturated carbocycles. The maximum absolute atomic E-state index is 5.97. The van der Waals surface area contributed by atoms with Crippen molar-refractivity contribution < 1.29 is 4.74 Å². The normalized spacial score (nSPS) is 11.2. The number of benzene rings is 1. The Morgan fingerprint density at radius 2 is 1.71 bits per heavy atom. The van der Waals surface area contributed by atoms with Crippen LogP contribution in [0.15, 0.2) is 30.5 Å². The van der Waals surface area contributed by atoms with E-state index in [1.165, 1.54) is 5.56 Å². The van der Waals surface area contributed by atoms with E-state index in [4.69, 9.17) is 16.3 Å². The molecular formula is C17H21ClN2O. The zero-order valence-corrected chi connectivity index (χ0v) is 13.7. The van der Waals surface area contributed by atoms with E-state index < -0.39 is 0 Å². The highest BCUT2D eigenvalue weighted by Gasteiger charge is 2.11. The molecule has 0 fully saturated rings. The maximum atomic E-state index is 5.97. The van der Waals surface area contributed by atoms with Gasteiger partial charge in [0.05, 0.1) is 12.1 Å². The van der Waals surface area contributed by atoms with Gasteiger partial charge in [-0.25, -0.2) is 9.97 Å². The van der Waals surface area contributed by atoms with E-state index in [0.717, 1.165) is 17.3 Å². The van der Waals surface area contributed by atoms with E-state index in [-0.39, 0.29) is 5.92 Å². The van der Waals surface area contributed by atoms with Crippen molar-refractivity contribution in [1.29, 1.82) is 0 Å².